The zero-order chi connectivity index (χ0) is 19.9. The number of carbonyl (C=O) groups is 1. The van der Waals surface area contributed by atoms with E-state index in [1.165, 1.54) is 0 Å². The van der Waals surface area contributed by atoms with Gasteiger partial charge in [0.2, 0.25) is 10.0 Å². The fourth-order valence-electron chi connectivity index (χ4n) is 4.87. The van der Waals surface area contributed by atoms with Crippen LogP contribution in [0, 0.1) is 16.7 Å². The Morgan fingerprint density at radius 3 is 2.44 bits per heavy atom. The lowest BCUT2D eigenvalue weighted by Crippen LogP contribution is -2.45. The first kappa shape index (κ1) is 20.1. The molecule has 0 aromatic heterocycles. The lowest BCUT2D eigenvalue weighted by molar-refractivity contribution is -0.128. The smallest absolute Gasteiger partial charge is 0.212 e. The van der Waals surface area contributed by atoms with Crippen LogP contribution in [0.2, 0.25) is 0 Å². The Morgan fingerprint density at radius 1 is 1.19 bits per heavy atom. The van der Waals surface area contributed by atoms with Gasteiger partial charge in [-0.15, -0.1) is 0 Å². The molecular weight excluding hydrogens is 366 g/mol. The number of ketones is 1. The fraction of sp³-hybridized carbons (Fsp3) is 0.650. The molecule has 7 heteroatoms. The van der Waals surface area contributed by atoms with Crippen LogP contribution in [0.25, 0.3) is 0 Å². The first-order chi connectivity index (χ1) is 12.6. The van der Waals surface area contributed by atoms with Crippen LogP contribution in [0.5, 0.6) is 11.5 Å². The van der Waals surface area contributed by atoms with Crippen molar-refractivity contribution in [3.8, 4) is 11.5 Å². The van der Waals surface area contributed by atoms with Gasteiger partial charge in [-0.3, -0.25) is 4.79 Å². The van der Waals surface area contributed by atoms with Crippen LogP contribution in [-0.2, 0) is 21.2 Å². The number of rotatable bonds is 8. The number of carbonyl (C=O) groups excluding carboxylic acids is 1. The zero-order valence-corrected chi connectivity index (χ0v) is 17.3. The molecule has 0 unspecified atom stereocenters. The summed E-state index contributed by atoms with van der Waals surface area (Å²) >= 11 is 0. The highest BCUT2D eigenvalue weighted by atomic mass is 32.2. The van der Waals surface area contributed by atoms with Gasteiger partial charge in [0, 0.05) is 18.4 Å². The van der Waals surface area contributed by atoms with Crippen molar-refractivity contribution in [2.75, 3.05) is 26.5 Å². The molecule has 0 heterocycles. The molecule has 2 bridgehead atoms. The van der Waals surface area contributed by atoms with Crippen LogP contribution < -0.4 is 14.2 Å². The van der Waals surface area contributed by atoms with Crippen LogP contribution in [0.1, 0.15) is 38.7 Å². The van der Waals surface area contributed by atoms with E-state index in [9.17, 15) is 13.2 Å². The van der Waals surface area contributed by atoms with Gasteiger partial charge in [-0.05, 0) is 48.3 Å². The van der Waals surface area contributed by atoms with E-state index in [0.717, 1.165) is 12.0 Å². The van der Waals surface area contributed by atoms with E-state index >= 15 is 0 Å². The molecule has 2 aliphatic rings. The summed E-state index contributed by atoms with van der Waals surface area (Å²) in [5, 5.41) is 0. The Bertz CT molecular complexity index is 833. The van der Waals surface area contributed by atoms with Gasteiger partial charge in [-0.1, -0.05) is 19.9 Å². The van der Waals surface area contributed by atoms with Crippen LogP contribution in [-0.4, -0.2) is 40.7 Å². The average molecular weight is 396 g/mol. The largest absolute Gasteiger partial charge is 0.493 e. The lowest BCUT2D eigenvalue weighted by Gasteiger charge is -2.36. The Hall–Kier alpha value is -1.60. The molecule has 27 heavy (non-hydrogen) atoms. The van der Waals surface area contributed by atoms with E-state index in [-0.39, 0.29) is 23.5 Å². The van der Waals surface area contributed by atoms with Gasteiger partial charge >= 0.3 is 0 Å². The standard InChI is InChI=1S/C20H29NO5S/c1-19(2)15-7-9-20(19,18(22)12-15)13-27(23,24)21-10-8-14-5-6-16(25-3)17(11-14)26-4/h5-6,11,15,21H,7-10,12-13H2,1-4H3/t15-,20+/m0/s1. The second kappa shape index (κ2) is 7.09. The number of benzene rings is 1. The zero-order valence-electron chi connectivity index (χ0n) is 16.5. The molecular formula is C20H29NO5S. The molecule has 1 aromatic carbocycles. The molecule has 0 radical (unpaired) electrons. The second-order valence-electron chi connectivity index (χ2n) is 8.26. The van der Waals surface area contributed by atoms with Gasteiger partial charge in [-0.2, -0.15) is 0 Å². The van der Waals surface area contributed by atoms with Gasteiger partial charge in [0.05, 0.1) is 20.0 Å². The quantitative estimate of drug-likeness (QED) is 0.732. The van der Waals surface area contributed by atoms with Crippen molar-refractivity contribution in [3.63, 3.8) is 0 Å². The van der Waals surface area contributed by atoms with Crippen molar-refractivity contribution < 1.29 is 22.7 Å². The Kier molecular flexibility index (Phi) is 5.29. The second-order valence-corrected chi connectivity index (χ2v) is 10.1. The van der Waals surface area contributed by atoms with Crippen LogP contribution in [0.15, 0.2) is 18.2 Å². The van der Waals surface area contributed by atoms with Crippen LogP contribution >= 0.6 is 0 Å². The van der Waals surface area contributed by atoms with E-state index in [0.29, 0.717) is 36.7 Å². The summed E-state index contributed by atoms with van der Waals surface area (Å²) in [5.41, 5.74) is -0.0265. The molecule has 0 aliphatic heterocycles. The molecule has 1 N–H and O–H groups in total. The third kappa shape index (κ3) is 3.47. The maximum Gasteiger partial charge on any atom is 0.212 e. The van der Waals surface area contributed by atoms with Crippen LogP contribution in [0.4, 0.5) is 0 Å². The van der Waals surface area contributed by atoms with E-state index < -0.39 is 15.4 Å². The highest BCUT2D eigenvalue weighted by Crippen LogP contribution is 2.64. The summed E-state index contributed by atoms with van der Waals surface area (Å²) in [5.74, 6) is 1.58. The predicted molar refractivity (Wildman–Crippen MR) is 104 cm³/mol. The maximum absolute atomic E-state index is 12.7. The number of hydrogen-bond acceptors (Lipinski definition) is 5. The minimum absolute atomic E-state index is 0.103. The first-order valence-electron chi connectivity index (χ1n) is 9.37. The summed E-state index contributed by atoms with van der Waals surface area (Å²) in [6, 6.07) is 5.54. The van der Waals surface area contributed by atoms with Gasteiger partial charge < -0.3 is 9.47 Å². The number of nitrogens with one attached hydrogen (secondary N) is 1. The predicted octanol–water partition coefficient (Wildman–Crippen LogP) is 2.56. The van der Waals surface area contributed by atoms with E-state index in [1.54, 1.807) is 20.3 Å². The first-order valence-corrected chi connectivity index (χ1v) is 11.0. The number of Topliss-reactive ketones (excluding diaryl/α,β-unsaturated/α-hetero) is 1. The normalized spacial score (nSPS) is 26.4. The molecule has 6 nitrogen and oxygen atoms in total. The SMILES string of the molecule is COc1ccc(CCNS(=O)(=O)C[C@]23CC[C@@H](CC2=O)C3(C)C)cc1OC. The molecule has 2 fully saturated rings. The molecule has 0 spiro atoms. The summed E-state index contributed by atoms with van der Waals surface area (Å²) in [6.45, 7) is 4.38. The van der Waals surface area contributed by atoms with Crippen molar-refractivity contribution in [1.29, 1.82) is 0 Å². The Labute approximate surface area is 161 Å². The fourth-order valence-corrected chi connectivity index (χ4v) is 6.71. The van der Waals surface area contributed by atoms with Crippen molar-refractivity contribution in [3.05, 3.63) is 23.8 Å². The average Bonchev–Trinajstić information content (AvgIpc) is 2.95. The van der Waals surface area contributed by atoms with E-state index in [2.05, 4.69) is 18.6 Å². The van der Waals surface area contributed by atoms with E-state index in [1.807, 2.05) is 12.1 Å². The summed E-state index contributed by atoms with van der Waals surface area (Å²) in [6.07, 6.45) is 2.68. The molecule has 2 saturated carbocycles. The van der Waals surface area contributed by atoms with Crippen molar-refractivity contribution >= 4 is 15.8 Å². The molecule has 2 aliphatic carbocycles. The maximum atomic E-state index is 12.7. The molecule has 0 saturated heterocycles. The van der Waals surface area contributed by atoms with Gasteiger partial charge in [0.1, 0.15) is 5.78 Å². The van der Waals surface area contributed by atoms with Gasteiger partial charge in [0.25, 0.3) is 0 Å². The number of fused-ring (bicyclic) bond motifs is 2. The Morgan fingerprint density at radius 2 is 1.89 bits per heavy atom. The topological polar surface area (TPSA) is 81.7 Å². The monoisotopic (exact) mass is 395 g/mol. The number of sulfonamides is 1. The lowest BCUT2D eigenvalue weighted by atomic mass is 9.70. The third-order valence-electron chi connectivity index (χ3n) is 6.76. The highest BCUT2D eigenvalue weighted by molar-refractivity contribution is 7.89. The van der Waals surface area contributed by atoms with Crippen molar-refractivity contribution in [1.82, 2.24) is 4.72 Å². The molecule has 3 rings (SSSR count). The van der Waals surface area contributed by atoms with Crippen LogP contribution in [0.3, 0.4) is 0 Å². The molecule has 1 aromatic rings. The van der Waals surface area contributed by atoms with Gasteiger partial charge in [0.15, 0.2) is 11.5 Å². The Balaban J connectivity index is 1.64. The van der Waals surface area contributed by atoms with Crippen molar-refractivity contribution in [2.45, 2.75) is 39.5 Å². The minimum Gasteiger partial charge on any atom is -0.493 e. The molecule has 2 atom stereocenters. The van der Waals surface area contributed by atoms with Crippen molar-refractivity contribution in [2.24, 2.45) is 16.7 Å². The molecule has 150 valence electrons. The van der Waals surface area contributed by atoms with Gasteiger partial charge in [-0.25, -0.2) is 13.1 Å². The third-order valence-corrected chi connectivity index (χ3v) is 8.28. The summed E-state index contributed by atoms with van der Waals surface area (Å²) in [4.78, 5) is 12.6. The number of ether oxygens (including phenoxy) is 2. The summed E-state index contributed by atoms with van der Waals surface area (Å²) in [7, 11) is -0.396. The number of hydrogen-bond donors (Lipinski definition) is 1. The minimum atomic E-state index is -3.54. The van der Waals surface area contributed by atoms with E-state index in [4.69, 9.17) is 9.47 Å². The molecule has 0 amide bonds. The number of methoxy groups -OCH3 is 2. The highest BCUT2D eigenvalue weighted by Gasteiger charge is 2.65. The summed E-state index contributed by atoms with van der Waals surface area (Å²) < 4.78 is 38.6.